The van der Waals surface area contributed by atoms with Crippen LogP contribution in [0.2, 0.25) is 0 Å². The number of amides is 5. The lowest BCUT2D eigenvalue weighted by atomic mass is 10.0. The van der Waals surface area contributed by atoms with Crippen LogP contribution in [0.4, 0.5) is 0 Å². The van der Waals surface area contributed by atoms with Gasteiger partial charge in [-0.25, -0.2) is 4.79 Å². The van der Waals surface area contributed by atoms with Gasteiger partial charge in [-0.05, 0) is 30.8 Å². The molecule has 0 bridgehead atoms. The SMILES string of the molecule is CSCCC(NC(=O)C(CC(N)=O)NC(=O)C(N)CC(C)C)C(=O)NC(CC(N)=O)C(=O)O. The number of aliphatic carboxylic acids is 1. The Labute approximate surface area is 196 Å². The van der Waals surface area contributed by atoms with E-state index in [0.29, 0.717) is 12.2 Å². The van der Waals surface area contributed by atoms with Gasteiger partial charge in [0.05, 0.1) is 18.9 Å². The molecule has 10 N–H and O–H groups in total. The maximum Gasteiger partial charge on any atom is 0.326 e. The monoisotopic (exact) mass is 490 g/mol. The highest BCUT2D eigenvalue weighted by atomic mass is 32.2. The third-order valence-corrected chi connectivity index (χ3v) is 5.01. The third kappa shape index (κ3) is 12.7. The lowest BCUT2D eigenvalue weighted by molar-refractivity contribution is -0.143. The predicted molar refractivity (Wildman–Crippen MR) is 121 cm³/mol. The van der Waals surface area contributed by atoms with Crippen molar-refractivity contribution in [3.8, 4) is 0 Å². The molecule has 0 aromatic heterocycles. The van der Waals surface area contributed by atoms with Crippen molar-refractivity contribution in [3.05, 3.63) is 0 Å². The van der Waals surface area contributed by atoms with E-state index in [2.05, 4.69) is 16.0 Å². The molecule has 0 aliphatic heterocycles. The molecule has 14 heteroatoms. The average molecular weight is 491 g/mol. The van der Waals surface area contributed by atoms with Gasteiger partial charge in [0.2, 0.25) is 29.5 Å². The molecule has 0 spiro atoms. The van der Waals surface area contributed by atoms with Crippen LogP contribution in [-0.2, 0) is 28.8 Å². The van der Waals surface area contributed by atoms with E-state index >= 15 is 0 Å². The van der Waals surface area contributed by atoms with E-state index in [9.17, 15) is 33.9 Å². The van der Waals surface area contributed by atoms with Gasteiger partial charge in [-0.15, -0.1) is 0 Å². The smallest absolute Gasteiger partial charge is 0.326 e. The van der Waals surface area contributed by atoms with Crippen molar-refractivity contribution in [2.75, 3.05) is 12.0 Å². The topological polar surface area (TPSA) is 237 Å². The van der Waals surface area contributed by atoms with Crippen LogP contribution in [0.25, 0.3) is 0 Å². The molecule has 0 heterocycles. The molecule has 188 valence electrons. The number of nitrogens with two attached hydrogens (primary N) is 3. The Hall–Kier alpha value is -2.87. The fourth-order valence-corrected chi connectivity index (χ4v) is 3.23. The van der Waals surface area contributed by atoms with Crippen molar-refractivity contribution >= 4 is 47.3 Å². The number of nitrogens with one attached hydrogen (secondary N) is 3. The van der Waals surface area contributed by atoms with E-state index in [0.717, 1.165) is 0 Å². The molecule has 0 rings (SSSR count). The molecule has 0 aromatic rings. The average Bonchev–Trinajstić information content (AvgIpc) is 2.68. The summed E-state index contributed by atoms with van der Waals surface area (Å²) in [6, 6.07) is -5.11. The first-order chi connectivity index (χ1) is 15.3. The minimum absolute atomic E-state index is 0.103. The number of carbonyl (C=O) groups excluding carboxylic acids is 5. The Morgan fingerprint density at radius 1 is 0.818 bits per heavy atom. The number of thioether (sulfide) groups is 1. The summed E-state index contributed by atoms with van der Waals surface area (Å²) < 4.78 is 0. The van der Waals surface area contributed by atoms with E-state index < -0.39 is 72.5 Å². The molecule has 0 fully saturated rings. The fourth-order valence-electron chi connectivity index (χ4n) is 2.75. The van der Waals surface area contributed by atoms with Crippen molar-refractivity contribution in [2.24, 2.45) is 23.1 Å². The Morgan fingerprint density at radius 2 is 1.27 bits per heavy atom. The van der Waals surface area contributed by atoms with Crippen LogP contribution in [0.5, 0.6) is 0 Å². The highest BCUT2D eigenvalue weighted by Crippen LogP contribution is 2.06. The van der Waals surface area contributed by atoms with Crippen LogP contribution >= 0.6 is 11.8 Å². The maximum absolute atomic E-state index is 12.8. The van der Waals surface area contributed by atoms with E-state index in [1.54, 1.807) is 6.26 Å². The van der Waals surface area contributed by atoms with Crippen LogP contribution < -0.4 is 33.2 Å². The molecule has 0 aromatic carbocycles. The molecule has 0 aliphatic carbocycles. The maximum atomic E-state index is 12.8. The van der Waals surface area contributed by atoms with Crippen LogP contribution in [0.15, 0.2) is 0 Å². The Kier molecular flexibility index (Phi) is 13.7. The second-order valence-corrected chi connectivity index (χ2v) is 8.87. The fraction of sp³-hybridized carbons (Fsp3) is 0.684. The van der Waals surface area contributed by atoms with Gasteiger partial charge < -0.3 is 38.3 Å². The first-order valence-corrected chi connectivity index (χ1v) is 11.6. The third-order valence-electron chi connectivity index (χ3n) is 4.36. The summed E-state index contributed by atoms with van der Waals surface area (Å²) in [7, 11) is 0. The molecule has 5 amide bonds. The first-order valence-electron chi connectivity index (χ1n) is 10.2. The van der Waals surface area contributed by atoms with Crippen LogP contribution in [0.3, 0.4) is 0 Å². The number of carboxylic acid groups (broad SMARTS) is 1. The lowest BCUT2D eigenvalue weighted by Crippen LogP contribution is -2.58. The van der Waals surface area contributed by atoms with Gasteiger partial charge in [-0.3, -0.25) is 24.0 Å². The van der Waals surface area contributed by atoms with Crippen molar-refractivity contribution in [3.63, 3.8) is 0 Å². The first kappa shape index (κ1) is 30.1. The molecule has 13 nitrogen and oxygen atoms in total. The Morgan fingerprint density at radius 3 is 1.73 bits per heavy atom. The second kappa shape index (κ2) is 15.1. The van der Waals surface area contributed by atoms with Gasteiger partial charge in [0.25, 0.3) is 0 Å². The summed E-state index contributed by atoms with van der Waals surface area (Å²) in [6.45, 7) is 3.72. The Bertz CT molecular complexity index is 733. The van der Waals surface area contributed by atoms with Crippen molar-refractivity contribution in [2.45, 2.75) is 63.7 Å². The van der Waals surface area contributed by atoms with Crippen LogP contribution in [0.1, 0.15) is 39.5 Å². The van der Waals surface area contributed by atoms with Crippen molar-refractivity contribution in [1.82, 2.24) is 16.0 Å². The van der Waals surface area contributed by atoms with Gasteiger partial charge in [-0.1, -0.05) is 13.8 Å². The number of carbonyl (C=O) groups is 6. The number of primary amides is 2. The molecule has 4 unspecified atom stereocenters. The van der Waals surface area contributed by atoms with Gasteiger partial charge >= 0.3 is 5.97 Å². The lowest BCUT2D eigenvalue weighted by Gasteiger charge is -2.24. The van der Waals surface area contributed by atoms with Crippen molar-refractivity contribution in [1.29, 1.82) is 0 Å². The summed E-state index contributed by atoms with van der Waals surface area (Å²) in [5, 5.41) is 16.1. The van der Waals surface area contributed by atoms with E-state index in [1.165, 1.54) is 11.8 Å². The number of hydrogen-bond donors (Lipinski definition) is 7. The quantitative estimate of drug-likeness (QED) is 0.120. The highest BCUT2D eigenvalue weighted by molar-refractivity contribution is 7.98. The Balaban J connectivity index is 5.49. The summed E-state index contributed by atoms with van der Waals surface area (Å²) in [5.41, 5.74) is 16.0. The standard InChI is InChI=1S/C19H34N6O7S/c1-9(2)6-10(20)16(28)24-12(7-14(21)26)18(30)23-11(4-5-33-3)17(29)25-13(19(31)32)8-15(22)27/h9-13H,4-8,20H2,1-3H3,(H2,21,26)(H2,22,27)(H,23,30)(H,24,28)(H,25,29)(H,31,32). The van der Waals surface area contributed by atoms with Crippen molar-refractivity contribution < 1.29 is 33.9 Å². The minimum Gasteiger partial charge on any atom is -0.480 e. The number of carboxylic acids is 1. The van der Waals surface area contributed by atoms with Gasteiger partial charge in [0.1, 0.15) is 18.1 Å². The van der Waals surface area contributed by atoms with E-state index in [1.807, 2.05) is 13.8 Å². The molecular weight excluding hydrogens is 456 g/mol. The zero-order valence-electron chi connectivity index (χ0n) is 19.0. The number of rotatable bonds is 16. The summed E-state index contributed by atoms with van der Waals surface area (Å²) in [4.78, 5) is 71.5. The van der Waals surface area contributed by atoms with E-state index in [4.69, 9.17) is 17.2 Å². The normalized spacial score (nSPS) is 14.5. The highest BCUT2D eigenvalue weighted by Gasteiger charge is 2.31. The van der Waals surface area contributed by atoms with Gasteiger partial charge in [0.15, 0.2) is 0 Å². The summed E-state index contributed by atoms with van der Waals surface area (Å²) in [5.74, 6) is -5.17. The largest absolute Gasteiger partial charge is 0.480 e. The van der Waals surface area contributed by atoms with Crippen LogP contribution in [-0.4, -0.2) is 76.8 Å². The van der Waals surface area contributed by atoms with Gasteiger partial charge in [-0.2, -0.15) is 11.8 Å². The predicted octanol–water partition coefficient (Wildman–Crippen LogP) is -2.60. The molecule has 0 saturated heterocycles. The van der Waals surface area contributed by atoms with Crippen LogP contribution in [0, 0.1) is 5.92 Å². The number of hydrogen-bond acceptors (Lipinski definition) is 8. The zero-order chi connectivity index (χ0) is 25.7. The molecule has 0 radical (unpaired) electrons. The minimum atomic E-state index is -1.58. The van der Waals surface area contributed by atoms with E-state index in [-0.39, 0.29) is 12.3 Å². The second-order valence-electron chi connectivity index (χ2n) is 7.88. The zero-order valence-corrected chi connectivity index (χ0v) is 19.8. The van der Waals surface area contributed by atoms with Gasteiger partial charge in [0, 0.05) is 0 Å². The summed E-state index contributed by atoms with van der Waals surface area (Å²) in [6.07, 6.45) is 1.02. The molecule has 0 saturated carbocycles. The molecule has 4 atom stereocenters. The molecule has 0 aliphatic rings. The molecular formula is C19H34N6O7S. The molecule has 33 heavy (non-hydrogen) atoms. The summed E-state index contributed by atoms with van der Waals surface area (Å²) >= 11 is 1.37.